The van der Waals surface area contributed by atoms with E-state index in [4.69, 9.17) is 4.74 Å². The molecule has 6 nitrogen and oxygen atoms in total. The number of nitrogens with zero attached hydrogens (tertiary/aromatic N) is 2. The number of amides is 2. The summed E-state index contributed by atoms with van der Waals surface area (Å²) in [5, 5.41) is 5.12. The van der Waals surface area contributed by atoms with Crippen molar-refractivity contribution in [1.82, 2.24) is 0 Å². The number of carbonyl (C=O) groups is 2. The summed E-state index contributed by atoms with van der Waals surface area (Å²) in [5.41, 5.74) is 3.01. The van der Waals surface area contributed by atoms with E-state index in [-0.39, 0.29) is 17.5 Å². The van der Waals surface area contributed by atoms with Gasteiger partial charge in [0.1, 0.15) is 11.4 Å². The maximum Gasteiger partial charge on any atom is 0.282 e. The molecule has 7 heteroatoms. The standard InChI is InChI=1S/C26H27N3O3S/c1-4-28(5-2)19-14-12-18(13-15-19)27-24-23(22-11-8-16-33-22)25(30)29(26(24)31)20-9-7-10-21(17-20)32-6-3/h7-17,27H,4-6H2,1-3H3. The molecule has 2 aromatic carbocycles. The van der Waals surface area contributed by atoms with E-state index in [1.807, 2.05) is 54.8 Å². The lowest BCUT2D eigenvalue weighted by Crippen LogP contribution is -2.32. The van der Waals surface area contributed by atoms with Gasteiger partial charge in [0.15, 0.2) is 0 Å². The van der Waals surface area contributed by atoms with Gasteiger partial charge in [0, 0.05) is 35.4 Å². The van der Waals surface area contributed by atoms with E-state index in [1.165, 1.54) is 16.2 Å². The maximum atomic E-state index is 13.5. The molecule has 0 saturated carbocycles. The zero-order valence-corrected chi connectivity index (χ0v) is 19.8. The first-order valence-corrected chi connectivity index (χ1v) is 12.0. The van der Waals surface area contributed by atoms with Gasteiger partial charge >= 0.3 is 0 Å². The van der Waals surface area contributed by atoms with Gasteiger partial charge in [-0.2, -0.15) is 0 Å². The van der Waals surface area contributed by atoms with Crippen LogP contribution in [0.3, 0.4) is 0 Å². The molecule has 1 aliphatic heterocycles. The minimum Gasteiger partial charge on any atom is -0.494 e. The van der Waals surface area contributed by atoms with Crippen LogP contribution < -0.4 is 19.9 Å². The van der Waals surface area contributed by atoms with Crippen molar-refractivity contribution in [1.29, 1.82) is 0 Å². The number of carbonyl (C=O) groups excluding carboxylic acids is 2. The molecular formula is C26H27N3O3S. The van der Waals surface area contributed by atoms with Crippen LogP contribution in [0.25, 0.3) is 5.57 Å². The number of benzene rings is 2. The third-order valence-corrected chi connectivity index (χ3v) is 6.39. The van der Waals surface area contributed by atoms with Crippen molar-refractivity contribution in [2.24, 2.45) is 0 Å². The Morgan fingerprint density at radius 2 is 1.70 bits per heavy atom. The molecule has 1 aromatic heterocycles. The molecule has 33 heavy (non-hydrogen) atoms. The molecule has 1 N–H and O–H groups in total. The largest absolute Gasteiger partial charge is 0.494 e. The Bertz CT molecular complexity index is 1170. The number of ether oxygens (including phenoxy) is 1. The summed E-state index contributed by atoms with van der Waals surface area (Å²) in [4.78, 5) is 31.2. The van der Waals surface area contributed by atoms with E-state index in [9.17, 15) is 9.59 Å². The van der Waals surface area contributed by atoms with Crippen molar-refractivity contribution in [2.75, 3.05) is 34.8 Å². The zero-order valence-electron chi connectivity index (χ0n) is 19.0. The van der Waals surface area contributed by atoms with Gasteiger partial charge in [0.05, 0.1) is 17.9 Å². The number of rotatable bonds is 9. The van der Waals surface area contributed by atoms with E-state index in [0.717, 1.165) is 29.3 Å². The molecule has 2 heterocycles. The lowest BCUT2D eigenvalue weighted by atomic mass is 10.1. The SMILES string of the molecule is CCOc1cccc(N2C(=O)C(Nc3ccc(N(CC)CC)cc3)=C(c3cccs3)C2=O)c1. The Morgan fingerprint density at radius 3 is 2.33 bits per heavy atom. The number of anilines is 3. The van der Waals surface area contributed by atoms with Gasteiger partial charge in [-0.1, -0.05) is 12.1 Å². The van der Waals surface area contributed by atoms with Crippen molar-refractivity contribution >= 4 is 45.8 Å². The molecule has 0 saturated heterocycles. The number of thiophene rings is 1. The van der Waals surface area contributed by atoms with E-state index in [1.54, 1.807) is 18.2 Å². The van der Waals surface area contributed by atoms with Gasteiger partial charge in [-0.3, -0.25) is 9.59 Å². The summed E-state index contributed by atoms with van der Waals surface area (Å²) in [5.74, 6) is -0.120. The summed E-state index contributed by atoms with van der Waals surface area (Å²) < 4.78 is 5.57. The Kier molecular flexibility index (Phi) is 6.79. The highest BCUT2D eigenvalue weighted by molar-refractivity contribution is 7.11. The monoisotopic (exact) mass is 461 g/mol. The Balaban J connectivity index is 1.69. The van der Waals surface area contributed by atoms with Gasteiger partial charge < -0.3 is 15.0 Å². The van der Waals surface area contributed by atoms with Crippen LogP contribution in [0.1, 0.15) is 25.6 Å². The fraction of sp³-hybridized carbons (Fsp3) is 0.231. The minimum atomic E-state index is -0.384. The third kappa shape index (κ3) is 4.50. The van der Waals surface area contributed by atoms with Crippen molar-refractivity contribution < 1.29 is 14.3 Å². The summed E-state index contributed by atoms with van der Waals surface area (Å²) >= 11 is 1.43. The molecule has 170 valence electrons. The second-order valence-corrected chi connectivity index (χ2v) is 8.40. The minimum absolute atomic E-state index is 0.278. The van der Waals surface area contributed by atoms with E-state index in [0.29, 0.717) is 23.6 Å². The predicted molar refractivity (Wildman–Crippen MR) is 135 cm³/mol. The summed E-state index contributed by atoms with van der Waals surface area (Å²) in [6, 6.07) is 18.7. The van der Waals surface area contributed by atoms with Crippen molar-refractivity contribution in [3.8, 4) is 5.75 Å². The van der Waals surface area contributed by atoms with Crippen LogP contribution in [-0.2, 0) is 9.59 Å². The van der Waals surface area contributed by atoms with Crippen LogP contribution >= 0.6 is 11.3 Å². The number of hydrogen-bond donors (Lipinski definition) is 1. The molecule has 1 aliphatic rings. The van der Waals surface area contributed by atoms with Gasteiger partial charge in [0.2, 0.25) is 0 Å². The average molecular weight is 462 g/mol. The van der Waals surface area contributed by atoms with Crippen molar-refractivity contribution in [2.45, 2.75) is 20.8 Å². The van der Waals surface area contributed by atoms with Crippen LogP contribution in [-0.4, -0.2) is 31.5 Å². The van der Waals surface area contributed by atoms with E-state index < -0.39 is 0 Å². The van der Waals surface area contributed by atoms with Crippen LogP contribution in [0, 0.1) is 0 Å². The zero-order chi connectivity index (χ0) is 23.4. The predicted octanol–water partition coefficient (Wildman–Crippen LogP) is 5.39. The normalized spacial score (nSPS) is 13.6. The summed E-state index contributed by atoms with van der Waals surface area (Å²) in [6.45, 7) is 8.46. The van der Waals surface area contributed by atoms with Gasteiger partial charge in [-0.05, 0) is 68.6 Å². The average Bonchev–Trinajstić information content (AvgIpc) is 3.43. The summed E-state index contributed by atoms with van der Waals surface area (Å²) in [7, 11) is 0. The molecule has 2 amide bonds. The second kappa shape index (κ2) is 9.92. The van der Waals surface area contributed by atoms with E-state index >= 15 is 0 Å². The molecule has 0 fully saturated rings. The topological polar surface area (TPSA) is 61.9 Å². The van der Waals surface area contributed by atoms with Gasteiger partial charge in [-0.25, -0.2) is 4.90 Å². The molecule has 0 radical (unpaired) electrons. The first-order chi connectivity index (χ1) is 16.1. The molecule has 0 unspecified atom stereocenters. The Morgan fingerprint density at radius 1 is 0.939 bits per heavy atom. The van der Waals surface area contributed by atoms with Gasteiger partial charge in [-0.15, -0.1) is 11.3 Å². The van der Waals surface area contributed by atoms with Crippen LogP contribution in [0.4, 0.5) is 17.1 Å². The lowest BCUT2D eigenvalue weighted by Gasteiger charge is -2.21. The molecular weight excluding hydrogens is 434 g/mol. The maximum absolute atomic E-state index is 13.5. The van der Waals surface area contributed by atoms with Crippen LogP contribution in [0.15, 0.2) is 71.7 Å². The molecule has 0 aliphatic carbocycles. The van der Waals surface area contributed by atoms with Crippen LogP contribution in [0.5, 0.6) is 5.75 Å². The first kappa shape index (κ1) is 22.6. The highest BCUT2D eigenvalue weighted by atomic mass is 32.1. The van der Waals surface area contributed by atoms with Gasteiger partial charge in [0.25, 0.3) is 11.8 Å². The lowest BCUT2D eigenvalue weighted by molar-refractivity contribution is -0.120. The number of imide groups is 1. The number of hydrogen-bond acceptors (Lipinski definition) is 6. The molecule has 0 bridgehead atoms. The summed E-state index contributed by atoms with van der Waals surface area (Å²) in [6.07, 6.45) is 0. The highest BCUT2D eigenvalue weighted by Crippen LogP contribution is 2.36. The van der Waals surface area contributed by atoms with Crippen molar-refractivity contribution in [3.63, 3.8) is 0 Å². The smallest absolute Gasteiger partial charge is 0.282 e. The molecule has 0 atom stereocenters. The Labute approximate surface area is 198 Å². The third-order valence-electron chi connectivity index (χ3n) is 5.50. The second-order valence-electron chi connectivity index (χ2n) is 7.45. The van der Waals surface area contributed by atoms with Crippen LogP contribution in [0.2, 0.25) is 0 Å². The molecule has 4 rings (SSSR count). The highest BCUT2D eigenvalue weighted by Gasteiger charge is 2.40. The number of nitrogens with one attached hydrogen (secondary N) is 1. The van der Waals surface area contributed by atoms with Crippen molar-refractivity contribution in [3.05, 3.63) is 76.6 Å². The molecule has 3 aromatic rings. The fourth-order valence-electron chi connectivity index (χ4n) is 3.90. The fourth-order valence-corrected chi connectivity index (χ4v) is 4.67. The quantitative estimate of drug-likeness (QED) is 0.433. The molecule has 0 spiro atoms. The first-order valence-electron chi connectivity index (χ1n) is 11.1. The Hall–Kier alpha value is -3.58. The van der Waals surface area contributed by atoms with E-state index in [2.05, 4.69) is 24.1 Å².